The van der Waals surface area contributed by atoms with E-state index in [4.69, 9.17) is 9.47 Å². The van der Waals surface area contributed by atoms with Crippen molar-refractivity contribution in [1.82, 2.24) is 0 Å². The molecule has 0 aromatic heterocycles. The number of hydrogen-bond donors (Lipinski definition) is 2. The number of aliphatic hydroxyl groups is 2. The Morgan fingerprint density at radius 3 is 2.60 bits per heavy atom. The van der Waals surface area contributed by atoms with Gasteiger partial charge in [-0.15, -0.1) is 0 Å². The van der Waals surface area contributed by atoms with Gasteiger partial charge in [-0.1, -0.05) is 27.2 Å². The molecule has 3 saturated carbocycles. The third-order valence-corrected chi connectivity index (χ3v) is 9.01. The van der Waals surface area contributed by atoms with Gasteiger partial charge in [0.15, 0.2) is 6.29 Å². The van der Waals surface area contributed by atoms with Crippen LogP contribution in [-0.2, 0) is 14.3 Å². The fourth-order valence-electron chi connectivity index (χ4n) is 8.13. The van der Waals surface area contributed by atoms with Crippen molar-refractivity contribution in [2.45, 2.75) is 78.0 Å². The van der Waals surface area contributed by atoms with Crippen molar-refractivity contribution in [2.75, 3.05) is 0 Å². The topological polar surface area (TPSA) is 76.0 Å². The predicted octanol–water partition coefficient (Wildman–Crippen LogP) is 2.44. The predicted molar refractivity (Wildman–Crippen MR) is 89.0 cm³/mol. The summed E-state index contributed by atoms with van der Waals surface area (Å²) in [6.07, 6.45) is 3.48. The van der Waals surface area contributed by atoms with Crippen molar-refractivity contribution >= 4 is 5.97 Å². The van der Waals surface area contributed by atoms with Crippen LogP contribution in [0.5, 0.6) is 0 Å². The maximum atomic E-state index is 12.3. The van der Waals surface area contributed by atoms with E-state index in [1.165, 1.54) is 12.8 Å². The fourth-order valence-corrected chi connectivity index (χ4v) is 8.13. The third kappa shape index (κ3) is 1.73. The second-order valence-corrected chi connectivity index (χ2v) is 10.2. The monoisotopic (exact) mass is 350 g/mol. The summed E-state index contributed by atoms with van der Waals surface area (Å²) in [6, 6.07) is 0. The second kappa shape index (κ2) is 4.79. The quantitative estimate of drug-likeness (QED) is 0.656. The van der Waals surface area contributed by atoms with E-state index in [-0.39, 0.29) is 34.6 Å². The average molecular weight is 350 g/mol. The summed E-state index contributed by atoms with van der Waals surface area (Å²) in [5, 5.41) is 22.3. The Morgan fingerprint density at radius 1 is 1.08 bits per heavy atom. The smallest absolute Gasteiger partial charge is 0.311 e. The summed E-state index contributed by atoms with van der Waals surface area (Å²) in [6.45, 7) is 7.03. The maximum Gasteiger partial charge on any atom is 0.311 e. The summed E-state index contributed by atoms with van der Waals surface area (Å²) in [7, 11) is 0. The second-order valence-electron chi connectivity index (χ2n) is 10.2. The molecule has 5 fully saturated rings. The van der Waals surface area contributed by atoms with Gasteiger partial charge in [-0.3, -0.25) is 4.79 Å². The van der Waals surface area contributed by atoms with Gasteiger partial charge in [0.05, 0.1) is 17.4 Å². The van der Waals surface area contributed by atoms with Gasteiger partial charge in [0.1, 0.15) is 0 Å². The first-order valence-corrected chi connectivity index (χ1v) is 9.95. The third-order valence-electron chi connectivity index (χ3n) is 9.01. The molecule has 5 aliphatic rings. The summed E-state index contributed by atoms with van der Waals surface area (Å²) < 4.78 is 11.2. The Kier molecular flexibility index (Phi) is 3.16. The number of esters is 1. The SMILES string of the molecule is CC1(C)CCC[C@@]2(C)[C@H]1CC(O)C13[C@@H]4[C@@H](OC(=O)[C@@H]4CC[C@@H]12)O[C@H]3O. The van der Waals surface area contributed by atoms with Gasteiger partial charge >= 0.3 is 5.97 Å². The number of carbonyl (C=O) groups is 1. The number of rotatable bonds is 0. The van der Waals surface area contributed by atoms with Crippen molar-refractivity contribution in [3.8, 4) is 0 Å². The van der Waals surface area contributed by atoms with Crippen molar-refractivity contribution in [2.24, 2.45) is 39.9 Å². The Balaban J connectivity index is 1.65. The summed E-state index contributed by atoms with van der Waals surface area (Å²) in [5.74, 6) is -0.0381. The molecular weight excluding hydrogens is 320 g/mol. The Hall–Kier alpha value is -0.650. The molecule has 5 nitrogen and oxygen atoms in total. The molecule has 2 N–H and O–H groups in total. The summed E-state index contributed by atoms with van der Waals surface area (Å²) in [4.78, 5) is 12.3. The lowest BCUT2D eigenvalue weighted by atomic mass is 9.38. The first-order chi connectivity index (χ1) is 11.7. The van der Waals surface area contributed by atoms with Crippen molar-refractivity contribution in [1.29, 1.82) is 0 Å². The zero-order chi connectivity index (χ0) is 17.8. The molecule has 25 heavy (non-hydrogen) atoms. The molecular formula is C20H30O5. The van der Waals surface area contributed by atoms with Gasteiger partial charge in [0.25, 0.3) is 0 Å². The average Bonchev–Trinajstić information content (AvgIpc) is 3.00. The molecule has 0 aromatic rings. The molecule has 3 aliphatic carbocycles. The molecule has 0 amide bonds. The van der Waals surface area contributed by atoms with Crippen molar-refractivity contribution in [3.05, 3.63) is 0 Å². The van der Waals surface area contributed by atoms with Gasteiger partial charge in [-0.25, -0.2) is 0 Å². The number of aliphatic hydroxyl groups excluding tert-OH is 2. The zero-order valence-electron chi connectivity index (χ0n) is 15.4. The van der Waals surface area contributed by atoms with E-state index >= 15 is 0 Å². The van der Waals surface area contributed by atoms with Crippen LogP contribution in [0.3, 0.4) is 0 Å². The maximum absolute atomic E-state index is 12.3. The lowest BCUT2D eigenvalue weighted by Crippen LogP contribution is -2.67. The van der Waals surface area contributed by atoms with Gasteiger partial charge in [-0.2, -0.15) is 0 Å². The number of ether oxygens (including phenoxy) is 2. The van der Waals surface area contributed by atoms with Crippen LogP contribution in [0.4, 0.5) is 0 Å². The van der Waals surface area contributed by atoms with E-state index in [0.717, 1.165) is 19.3 Å². The van der Waals surface area contributed by atoms with Crippen LogP contribution < -0.4 is 0 Å². The van der Waals surface area contributed by atoms with E-state index in [0.29, 0.717) is 12.3 Å². The lowest BCUT2D eigenvalue weighted by molar-refractivity contribution is -0.275. The van der Waals surface area contributed by atoms with Crippen LogP contribution in [0.25, 0.3) is 0 Å². The molecule has 2 unspecified atom stereocenters. The molecule has 0 bridgehead atoms. The fraction of sp³-hybridized carbons (Fsp3) is 0.950. The standard InChI is InChI=1S/C20H30O5/c1-18(2)7-4-8-19(3)11-6-5-10-14-16(24-15(10)22)25-17(23)20(11,14)13(21)9-12(18)19/h10-14,16-17,21,23H,4-9H2,1-3H3/t10-,11-,12+,13?,14+,16+,17-,19-,20?/m1/s1. The van der Waals surface area contributed by atoms with Crippen molar-refractivity contribution < 1.29 is 24.5 Å². The molecule has 5 rings (SSSR count). The molecule has 0 aromatic carbocycles. The van der Waals surface area contributed by atoms with Crippen LogP contribution >= 0.6 is 0 Å². The molecule has 0 radical (unpaired) electrons. The highest BCUT2D eigenvalue weighted by Gasteiger charge is 2.77. The van der Waals surface area contributed by atoms with Gasteiger partial charge in [0, 0.05) is 5.92 Å². The van der Waals surface area contributed by atoms with Gasteiger partial charge in [0.2, 0.25) is 6.29 Å². The first kappa shape index (κ1) is 16.5. The molecule has 2 aliphatic heterocycles. The minimum atomic E-state index is -1.04. The molecule has 140 valence electrons. The van der Waals surface area contributed by atoms with E-state index in [1.54, 1.807) is 0 Å². The van der Waals surface area contributed by atoms with E-state index in [1.807, 2.05) is 0 Å². The first-order valence-electron chi connectivity index (χ1n) is 9.95. The normalized spacial score (nSPS) is 58.9. The van der Waals surface area contributed by atoms with Crippen LogP contribution in [-0.4, -0.2) is 34.9 Å². The van der Waals surface area contributed by atoms with E-state index in [2.05, 4.69) is 20.8 Å². The number of fused-ring (bicyclic) bond motifs is 2. The van der Waals surface area contributed by atoms with Crippen LogP contribution in [0.1, 0.15) is 59.3 Å². The highest BCUT2D eigenvalue weighted by Crippen LogP contribution is 2.73. The highest BCUT2D eigenvalue weighted by atomic mass is 16.8. The van der Waals surface area contributed by atoms with Crippen LogP contribution in [0, 0.1) is 39.9 Å². The van der Waals surface area contributed by atoms with Crippen LogP contribution in [0.15, 0.2) is 0 Å². The number of carbonyl (C=O) groups excluding carboxylic acids is 1. The molecule has 5 heteroatoms. The Morgan fingerprint density at radius 2 is 1.84 bits per heavy atom. The van der Waals surface area contributed by atoms with E-state index in [9.17, 15) is 15.0 Å². The lowest BCUT2D eigenvalue weighted by Gasteiger charge is -2.66. The highest BCUT2D eigenvalue weighted by molar-refractivity contribution is 5.75. The zero-order valence-corrected chi connectivity index (χ0v) is 15.4. The summed E-state index contributed by atoms with van der Waals surface area (Å²) in [5.41, 5.74) is -0.493. The Labute approximate surface area is 149 Å². The van der Waals surface area contributed by atoms with Gasteiger partial charge in [-0.05, 0) is 54.8 Å². The van der Waals surface area contributed by atoms with Gasteiger partial charge < -0.3 is 19.7 Å². The van der Waals surface area contributed by atoms with Crippen LogP contribution in [0.2, 0.25) is 0 Å². The minimum Gasteiger partial charge on any atom is -0.435 e. The minimum absolute atomic E-state index is 0.0663. The Bertz CT molecular complexity index is 617. The largest absolute Gasteiger partial charge is 0.435 e. The van der Waals surface area contributed by atoms with Crippen molar-refractivity contribution in [3.63, 3.8) is 0 Å². The molecule has 9 atom stereocenters. The molecule has 2 saturated heterocycles. The molecule has 2 heterocycles. The number of hydrogen-bond acceptors (Lipinski definition) is 5. The molecule has 1 spiro atoms. The van der Waals surface area contributed by atoms with E-state index < -0.39 is 24.1 Å². The summed E-state index contributed by atoms with van der Waals surface area (Å²) >= 11 is 0.